The van der Waals surface area contributed by atoms with Crippen molar-refractivity contribution in [3.05, 3.63) is 53.3 Å². The van der Waals surface area contributed by atoms with Crippen LogP contribution >= 0.6 is 0 Å². The molecule has 8 nitrogen and oxygen atoms in total. The van der Waals surface area contributed by atoms with Crippen molar-refractivity contribution in [1.29, 1.82) is 0 Å². The summed E-state index contributed by atoms with van der Waals surface area (Å²) in [6, 6.07) is 7.96. The van der Waals surface area contributed by atoms with Crippen LogP contribution in [0.4, 0.5) is 19.0 Å². The highest BCUT2D eigenvalue weighted by molar-refractivity contribution is 6.03. The molecule has 1 aliphatic carbocycles. The molecule has 4 bridgehead atoms. The largest absolute Gasteiger partial charge is 0.508 e. The molecule has 0 amide bonds. The number of piperazine rings is 1. The van der Waals surface area contributed by atoms with E-state index in [2.05, 4.69) is 20.1 Å². The first-order valence-electron chi connectivity index (χ1n) is 16.9. The summed E-state index contributed by atoms with van der Waals surface area (Å²) in [6.45, 7) is 6.17. The molecule has 0 spiro atoms. The normalized spacial score (nSPS) is 26.2. The number of hydrogen-bond donors (Lipinski definition) is 2. The number of aryl methyl sites for hydroxylation is 1. The summed E-state index contributed by atoms with van der Waals surface area (Å²) in [5.74, 6) is -1.90. The minimum Gasteiger partial charge on any atom is -0.508 e. The maximum absolute atomic E-state index is 16.9. The minimum absolute atomic E-state index is 0.00921. The first kappa shape index (κ1) is 29.5. The Bertz CT molecular complexity index is 1910. The van der Waals surface area contributed by atoms with E-state index in [0.29, 0.717) is 60.4 Å². The van der Waals surface area contributed by atoms with Gasteiger partial charge < -0.3 is 24.8 Å². The van der Waals surface area contributed by atoms with Crippen LogP contribution in [0.25, 0.3) is 32.8 Å². The number of likely N-dealkylation sites (tertiary alicyclic amines) is 1. The van der Waals surface area contributed by atoms with E-state index in [1.807, 2.05) is 0 Å². The third kappa shape index (κ3) is 5.00. The molecular weight excluding hydrogens is 607 g/mol. The first-order chi connectivity index (χ1) is 22.8. The van der Waals surface area contributed by atoms with Crippen molar-refractivity contribution in [3.63, 3.8) is 0 Å². The van der Waals surface area contributed by atoms with E-state index >= 15 is 13.2 Å². The summed E-state index contributed by atoms with van der Waals surface area (Å²) in [4.78, 5) is 14.0. The van der Waals surface area contributed by atoms with E-state index in [0.717, 1.165) is 51.8 Å². The molecule has 246 valence electrons. The Hall–Kier alpha value is -3.67. The van der Waals surface area contributed by atoms with Crippen molar-refractivity contribution in [1.82, 2.24) is 20.2 Å². The molecule has 5 aliphatic rings. The SMILES string of the molecule is CCc1c(F)ccc2cc(O)cc(-c3c(F)cc4c(N5CC6CCC(C5)N6)nc(OCC5(CN6C[C@H]7C[C@@H]6CO7)CC5)nc4c3F)c12. The molecule has 11 heteroatoms. The van der Waals surface area contributed by atoms with Crippen molar-refractivity contribution in [2.75, 3.05) is 44.3 Å². The zero-order valence-corrected chi connectivity index (χ0v) is 26.4. The number of anilines is 1. The molecule has 4 atom stereocenters. The van der Waals surface area contributed by atoms with E-state index in [-0.39, 0.29) is 51.3 Å². The molecule has 5 heterocycles. The van der Waals surface area contributed by atoms with Gasteiger partial charge in [-0.2, -0.15) is 9.97 Å². The van der Waals surface area contributed by atoms with Gasteiger partial charge in [0.1, 0.15) is 28.7 Å². The van der Waals surface area contributed by atoms with Gasteiger partial charge in [0, 0.05) is 55.1 Å². The number of aromatic nitrogens is 2. The third-order valence-corrected chi connectivity index (χ3v) is 11.2. The first-order valence-corrected chi connectivity index (χ1v) is 16.9. The summed E-state index contributed by atoms with van der Waals surface area (Å²) in [5.41, 5.74) is -0.0219. The lowest BCUT2D eigenvalue weighted by molar-refractivity contribution is 0.0176. The maximum Gasteiger partial charge on any atom is 0.319 e. The lowest BCUT2D eigenvalue weighted by Crippen LogP contribution is -2.51. The Morgan fingerprint density at radius 2 is 1.85 bits per heavy atom. The van der Waals surface area contributed by atoms with Gasteiger partial charge in [-0.3, -0.25) is 4.90 Å². The molecule has 4 aliphatic heterocycles. The van der Waals surface area contributed by atoms with Crippen LogP contribution in [0.5, 0.6) is 11.8 Å². The van der Waals surface area contributed by atoms with Gasteiger partial charge >= 0.3 is 6.01 Å². The van der Waals surface area contributed by atoms with Crippen LogP contribution < -0.4 is 15.0 Å². The summed E-state index contributed by atoms with van der Waals surface area (Å²) < 4.78 is 60.4. The van der Waals surface area contributed by atoms with Gasteiger partial charge in [0.05, 0.1) is 24.9 Å². The molecule has 4 aromatic rings. The highest BCUT2D eigenvalue weighted by Crippen LogP contribution is 2.48. The zero-order chi connectivity index (χ0) is 32.0. The summed E-state index contributed by atoms with van der Waals surface area (Å²) in [6.07, 6.45) is 5.85. The molecule has 2 unspecified atom stereocenters. The second-order valence-electron chi connectivity index (χ2n) is 14.4. The molecule has 0 radical (unpaired) electrons. The number of nitrogens with zero attached hydrogens (tertiary/aromatic N) is 4. The van der Waals surface area contributed by atoms with Crippen LogP contribution in [0.1, 0.15) is 44.6 Å². The van der Waals surface area contributed by atoms with E-state index in [1.54, 1.807) is 6.92 Å². The quantitative estimate of drug-likeness (QED) is 0.252. The highest BCUT2D eigenvalue weighted by atomic mass is 19.1. The van der Waals surface area contributed by atoms with Gasteiger partial charge in [-0.1, -0.05) is 13.0 Å². The van der Waals surface area contributed by atoms with E-state index < -0.39 is 17.5 Å². The average Bonchev–Trinajstić information content (AvgIpc) is 3.32. The fourth-order valence-corrected chi connectivity index (χ4v) is 8.57. The number of halogens is 3. The van der Waals surface area contributed by atoms with E-state index in [4.69, 9.17) is 14.5 Å². The van der Waals surface area contributed by atoms with E-state index in [9.17, 15) is 5.11 Å². The molecule has 1 aromatic heterocycles. The second kappa shape index (κ2) is 10.9. The summed E-state index contributed by atoms with van der Waals surface area (Å²) in [5, 5.41) is 15.3. The van der Waals surface area contributed by atoms with Gasteiger partial charge in [-0.25, -0.2) is 13.2 Å². The van der Waals surface area contributed by atoms with Gasteiger partial charge in [-0.15, -0.1) is 0 Å². The lowest BCUT2D eigenvalue weighted by atomic mass is 9.91. The van der Waals surface area contributed by atoms with Crippen LogP contribution in [0.2, 0.25) is 0 Å². The van der Waals surface area contributed by atoms with Gasteiger partial charge in [0.2, 0.25) is 0 Å². The van der Waals surface area contributed by atoms with Crippen LogP contribution in [-0.4, -0.2) is 83.6 Å². The smallest absolute Gasteiger partial charge is 0.319 e. The molecule has 5 fully saturated rings. The number of benzene rings is 3. The molecule has 9 rings (SSSR count). The monoisotopic (exact) mass is 645 g/mol. The Labute approximate surface area is 270 Å². The number of aromatic hydroxyl groups is 1. The number of fused-ring (bicyclic) bond motifs is 6. The molecule has 4 saturated heterocycles. The topological polar surface area (TPSA) is 83.0 Å². The Balaban J connectivity index is 1.15. The molecule has 2 N–H and O–H groups in total. The van der Waals surface area contributed by atoms with Crippen LogP contribution in [-0.2, 0) is 11.2 Å². The third-order valence-electron chi connectivity index (χ3n) is 11.2. The molecule has 3 aromatic carbocycles. The molecule has 47 heavy (non-hydrogen) atoms. The number of morpholine rings is 1. The van der Waals surface area contributed by atoms with Crippen molar-refractivity contribution in [3.8, 4) is 22.9 Å². The number of hydrogen-bond acceptors (Lipinski definition) is 8. The standard InChI is InChI=1S/C36H38F3N5O3/c1-2-25-28(37)6-3-19-9-23(45)11-26(30(19)25)31-29(38)12-27-33(32(31)39)41-35(42-34(27)43-13-20-4-5-21(14-43)40-20)47-18-36(7-8-36)17-44-15-24-10-22(44)16-46-24/h3,6,9,11-12,20-22,24,40,45H,2,4-5,7-8,10,13-18H2,1H3/t20?,21?,22-,24-/m1/s1. The number of ether oxygens (including phenoxy) is 2. The van der Waals surface area contributed by atoms with Crippen molar-refractivity contribution in [2.45, 2.75) is 69.7 Å². The number of rotatable bonds is 8. The van der Waals surface area contributed by atoms with Gasteiger partial charge in [0.25, 0.3) is 0 Å². The van der Waals surface area contributed by atoms with Crippen LogP contribution in [0.15, 0.2) is 30.3 Å². The van der Waals surface area contributed by atoms with Crippen molar-refractivity contribution >= 4 is 27.5 Å². The molecule has 1 saturated carbocycles. The fraction of sp³-hybridized carbons (Fsp3) is 0.500. The Morgan fingerprint density at radius 1 is 1.04 bits per heavy atom. The van der Waals surface area contributed by atoms with Gasteiger partial charge in [-0.05, 0) is 84.7 Å². The lowest BCUT2D eigenvalue weighted by Gasteiger charge is -2.34. The minimum atomic E-state index is -0.890. The Kier molecular flexibility index (Phi) is 6.85. The summed E-state index contributed by atoms with van der Waals surface area (Å²) >= 11 is 0. The fourth-order valence-electron chi connectivity index (χ4n) is 8.57. The Morgan fingerprint density at radius 3 is 2.55 bits per heavy atom. The number of phenolic OH excluding ortho intramolecular Hbond substituents is 1. The zero-order valence-electron chi connectivity index (χ0n) is 26.4. The predicted molar refractivity (Wildman–Crippen MR) is 172 cm³/mol. The predicted octanol–water partition coefficient (Wildman–Crippen LogP) is 5.71. The van der Waals surface area contributed by atoms with Crippen LogP contribution in [0, 0.1) is 22.9 Å². The number of phenols is 1. The maximum atomic E-state index is 16.9. The van der Waals surface area contributed by atoms with Crippen molar-refractivity contribution in [2.24, 2.45) is 5.41 Å². The summed E-state index contributed by atoms with van der Waals surface area (Å²) in [7, 11) is 0. The van der Waals surface area contributed by atoms with Crippen molar-refractivity contribution < 1.29 is 27.8 Å². The van der Waals surface area contributed by atoms with E-state index in [1.165, 1.54) is 30.3 Å². The van der Waals surface area contributed by atoms with Gasteiger partial charge in [0.15, 0.2) is 5.82 Å². The molecular formula is C36H38F3N5O3. The highest BCUT2D eigenvalue weighted by Gasteiger charge is 2.49. The van der Waals surface area contributed by atoms with Crippen LogP contribution in [0.3, 0.4) is 0 Å². The number of nitrogens with one attached hydrogen (secondary N) is 1. The second-order valence-corrected chi connectivity index (χ2v) is 14.4. The average molecular weight is 646 g/mol.